The average molecular weight is 894 g/mol. The average Bonchev–Trinajstić information content (AvgIpc) is 3.69. The van der Waals surface area contributed by atoms with Crippen LogP contribution in [0.2, 0.25) is 51.4 Å². The van der Waals surface area contributed by atoms with Gasteiger partial charge in [-0.15, -0.1) is 0 Å². The third kappa shape index (κ3) is 10.6. The Kier molecular flexibility index (Phi) is 13.6. The molecule has 15 heteroatoms. The minimum atomic E-state index is -1.32. The zero-order valence-electron chi connectivity index (χ0n) is 35.9. The van der Waals surface area contributed by atoms with Gasteiger partial charge in [0.1, 0.15) is 24.8 Å². The SMILES string of the molecule is COc1ccc(-c2ccc(-c3cnn4c(N(COCC[Si](C)(C)C)COCC[Si](C)(C)C)c(Br)c([C@@H]5C[C@H]6CC[C@@H](C5)N6C(=O)OC(C)(C)C)nc34)cn2)cc1C=O. The molecule has 2 fully saturated rings. The van der Waals surface area contributed by atoms with Crippen molar-refractivity contribution in [3.8, 4) is 28.1 Å². The number of piperidine rings is 1. The van der Waals surface area contributed by atoms with E-state index in [4.69, 9.17) is 34.0 Å². The summed E-state index contributed by atoms with van der Waals surface area (Å²) in [5.41, 5.74) is 4.78. The van der Waals surface area contributed by atoms with E-state index in [1.165, 1.54) is 0 Å². The third-order valence-corrected chi connectivity index (χ3v) is 15.0. The number of anilines is 1. The molecule has 6 rings (SSSR count). The monoisotopic (exact) mass is 892 g/mol. The van der Waals surface area contributed by atoms with Crippen LogP contribution >= 0.6 is 15.9 Å². The molecular weight excluding hydrogens is 833 g/mol. The van der Waals surface area contributed by atoms with E-state index in [-0.39, 0.29) is 24.1 Å². The van der Waals surface area contributed by atoms with Gasteiger partial charge < -0.3 is 28.7 Å². The molecule has 0 spiro atoms. The van der Waals surface area contributed by atoms with Gasteiger partial charge in [-0.1, -0.05) is 45.3 Å². The predicted molar refractivity (Wildman–Crippen MR) is 239 cm³/mol. The quantitative estimate of drug-likeness (QED) is 0.0465. The van der Waals surface area contributed by atoms with E-state index >= 15 is 0 Å². The van der Waals surface area contributed by atoms with Crippen molar-refractivity contribution >= 4 is 55.9 Å². The summed E-state index contributed by atoms with van der Waals surface area (Å²) in [6.45, 7) is 21.9. The summed E-state index contributed by atoms with van der Waals surface area (Å²) in [6.07, 6.45) is 7.67. The molecule has 0 unspecified atom stereocenters. The maximum absolute atomic E-state index is 13.4. The van der Waals surface area contributed by atoms with Crippen molar-refractivity contribution in [2.45, 2.75) is 121 Å². The van der Waals surface area contributed by atoms with Gasteiger partial charge >= 0.3 is 6.09 Å². The summed E-state index contributed by atoms with van der Waals surface area (Å²) in [7, 11) is -1.09. The molecule has 2 aliphatic heterocycles. The van der Waals surface area contributed by atoms with Crippen LogP contribution < -0.4 is 9.64 Å². The molecule has 3 aromatic heterocycles. The van der Waals surface area contributed by atoms with E-state index in [9.17, 15) is 9.59 Å². The van der Waals surface area contributed by atoms with Crippen LogP contribution in [0.5, 0.6) is 5.75 Å². The first-order valence-electron chi connectivity index (χ1n) is 20.4. The Labute approximate surface area is 354 Å². The summed E-state index contributed by atoms with van der Waals surface area (Å²) in [4.78, 5) is 39.5. The summed E-state index contributed by atoms with van der Waals surface area (Å²) < 4.78 is 26.8. The number of rotatable bonds is 16. The lowest BCUT2D eigenvalue weighted by Crippen LogP contribution is -2.48. The number of hydrogen-bond acceptors (Lipinski definition) is 10. The van der Waals surface area contributed by atoms with Crippen molar-refractivity contribution in [2.75, 3.05) is 38.7 Å². The van der Waals surface area contributed by atoms with Gasteiger partial charge in [-0.25, -0.2) is 9.78 Å². The molecule has 314 valence electrons. The highest BCUT2D eigenvalue weighted by Crippen LogP contribution is 2.47. The Balaban J connectivity index is 1.40. The molecule has 0 N–H and O–H groups in total. The molecule has 0 radical (unpaired) electrons. The van der Waals surface area contributed by atoms with E-state index < -0.39 is 21.7 Å². The second kappa shape index (κ2) is 17.9. The number of benzene rings is 1. The largest absolute Gasteiger partial charge is 0.496 e. The molecule has 0 saturated carbocycles. The first-order valence-corrected chi connectivity index (χ1v) is 28.7. The van der Waals surface area contributed by atoms with Crippen LogP contribution in [-0.2, 0) is 14.2 Å². The molecule has 12 nitrogen and oxygen atoms in total. The van der Waals surface area contributed by atoms with Crippen molar-refractivity contribution < 1.29 is 28.5 Å². The van der Waals surface area contributed by atoms with Crippen molar-refractivity contribution in [3.63, 3.8) is 0 Å². The number of amides is 1. The fourth-order valence-corrected chi connectivity index (χ4v) is 10.1. The minimum Gasteiger partial charge on any atom is -0.496 e. The maximum Gasteiger partial charge on any atom is 0.410 e. The Morgan fingerprint density at radius 3 is 2.09 bits per heavy atom. The van der Waals surface area contributed by atoms with Crippen LogP contribution in [0.15, 0.2) is 47.2 Å². The van der Waals surface area contributed by atoms with Crippen LogP contribution in [-0.4, -0.2) is 104 Å². The van der Waals surface area contributed by atoms with E-state index in [0.29, 0.717) is 43.6 Å². The number of aromatic nitrogens is 4. The lowest BCUT2D eigenvalue weighted by Gasteiger charge is -2.39. The van der Waals surface area contributed by atoms with Crippen LogP contribution in [0.1, 0.15) is 68.4 Å². The molecule has 1 aromatic carbocycles. The van der Waals surface area contributed by atoms with Gasteiger partial charge in [-0.05, 0) is 98.7 Å². The molecule has 5 heterocycles. The highest BCUT2D eigenvalue weighted by atomic mass is 79.9. The second-order valence-electron chi connectivity index (χ2n) is 19.1. The molecular formula is C43H61BrN6O6Si2. The van der Waals surface area contributed by atoms with Gasteiger partial charge in [-0.2, -0.15) is 9.61 Å². The number of ether oxygens (including phenoxy) is 4. The number of hydrogen-bond donors (Lipinski definition) is 0. The van der Waals surface area contributed by atoms with E-state index in [2.05, 4.69) is 60.1 Å². The number of nitrogens with zero attached hydrogens (tertiary/aromatic N) is 6. The van der Waals surface area contributed by atoms with Crippen molar-refractivity contribution in [3.05, 3.63) is 58.5 Å². The van der Waals surface area contributed by atoms with Gasteiger partial charge in [-0.3, -0.25) is 9.78 Å². The van der Waals surface area contributed by atoms with Gasteiger partial charge in [0.2, 0.25) is 0 Å². The lowest BCUT2D eigenvalue weighted by atomic mass is 9.88. The number of fused-ring (bicyclic) bond motifs is 3. The summed E-state index contributed by atoms with van der Waals surface area (Å²) in [5, 5.41) is 4.97. The summed E-state index contributed by atoms with van der Waals surface area (Å²) in [5.74, 6) is 1.42. The van der Waals surface area contributed by atoms with Crippen LogP contribution in [0, 0.1) is 0 Å². The molecule has 2 aliphatic rings. The fraction of sp³-hybridized carbons (Fsp3) is 0.558. The smallest absolute Gasteiger partial charge is 0.410 e. The van der Waals surface area contributed by atoms with E-state index in [0.717, 1.165) is 82.4 Å². The molecule has 4 aromatic rings. The Hall–Kier alpha value is -3.64. The molecule has 3 atom stereocenters. The predicted octanol–water partition coefficient (Wildman–Crippen LogP) is 10.1. The van der Waals surface area contributed by atoms with Crippen LogP contribution in [0.25, 0.3) is 28.0 Å². The first-order chi connectivity index (χ1) is 27.4. The first kappa shape index (κ1) is 43.9. The zero-order valence-corrected chi connectivity index (χ0v) is 39.5. The van der Waals surface area contributed by atoms with Gasteiger partial charge in [0.15, 0.2) is 17.8 Å². The van der Waals surface area contributed by atoms with Crippen molar-refractivity contribution in [1.82, 2.24) is 24.5 Å². The number of carbonyl (C=O) groups is 2. The molecule has 1 amide bonds. The van der Waals surface area contributed by atoms with E-state index in [1.807, 2.05) is 60.8 Å². The van der Waals surface area contributed by atoms with E-state index in [1.54, 1.807) is 19.2 Å². The van der Waals surface area contributed by atoms with Crippen molar-refractivity contribution in [2.24, 2.45) is 0 Å². The summed E-state index contributed by atoms with van der Waals surface area (Å²) >= 11 is 4.07. The van der Waals surface area contributed by atoms with Gasteiger partial charge in [0.05, 0.1) is 34.7 Å². The molecule has 58 heavy (non-hydrogen) atoms. The molecule has 2 bridgehead atoms. The maximum atomic E-state index is 13.4. The third-order valence-electron chi connectivity index (χ3n) is 10.8. The number of aldehydes is 1. The minimum absolute atomic E-state index is 0.0664. The summed E-state index contributed by atoms with van der Waals surface area (Å²) in [6, 6.07) is 11.7. The Bertz CT molecular complexity index is 2040. The Morgan fingerprint density at radius 2 is 1.55 bits per heavy atom. The number of carbonyl (C=O) groups excluding carboxylic acids is 2. The van der Waals surface area contributed by atoms with Crippen molar-refractivity contribution in [1.29, 1.82) is 0 Å². The Morgan fingerprint density at radius 1 is 0.931 bits per heavy atom. The lowest BCUT2D eigenvalue weighted by molar-refractivity contribution is 0.00565. The highest BCUT2D eigenvalue weighted by Gasteiger charge is 2.46. The fourth-order valence-electron chi connectivity index (χ4n) is 7.71. The topological polar surface area (TPSA) is 121 Å². The normalized spacial score (nSPS) is 18.5. The molecule has 2 saturated heterocycles. The number of halogens is 1. The standard InChI is InChI=1S/C43H61BrN6O6Si2/c1-43(2,3)56-42(52)49-33-13-14-34(49)23-31(22-33)39-38(44)41(48(27-54-17-19-57(5,6)7)28-55-18-20-58(8,9)10)50-40(47-39)35(25-46-50)30-11-15-36(45-24-30)29-12-16-37(53-4)32(21-29)26-51/h11-12,15-16,21,24-26,31,33-34H,13-14,17-20,22-23,27-28H2,1-10H3/t31-,33-,34+. The number of methoxy groups -OCH3 is 1. The van der Waals surface area contributed by atoms with Crippen LogP contribution in [0.3, 0.4) is 0 Å². The second-order valence-corrected chi connectivity index (χ2v) is 31.1. The molecule has 0 aliphatic carbocycles. The van der Waals surface area contributed by atoms with Gasteiger partial charge in [0.25, 0.3) is 0 Å². The van der Waals surface area contributed by atoms with Gasteiger partial charge in [0, 0.05) is 70.3 Å². The number of pyridine rings is 1. The zero-order chi connectivity index (χ0) is 42.0. The highest BCUT2D eigenvalue weighted by molar-refractivity contribution is 9.10. The van der Waals surface area contributed by atoms with Crippen LogP contribution in [0.4, 0.5) is 10.6 Å².